The summed E-state index contributed by atoms with van der Waals surface area (Å²) < 4.78 is 102. The minimum atomic E-state index is -3.96. The smallest absolute Gasteiger partial charge is 0.307 e. The van der Waals surface area contributed by atoms with E-state index in [1.165, 1.54) is 24.0 Å². The standard InChI is InChI=1S/2C42H57N3O10S/c2*1-25-11-9-10-12-28-22-42(28,39(49)44-56(50,51)41(6)14-15-41)23-33(46)32-19-29(54-37-31-20-35(53-8)34(52-7)18-27(31)13-16-43-37)24-45(32)38(48)30(26(2)17-25)21-36(47)55-40(3,4)5/h2*10,12-13,16,18,20,25-26,28-30,32H,9,11,14-15,17,19,21-24H2,1-8H3,(H,44,49)/b2*12-10-/t25-,26+,28+,29+,30-,32-,42+;25-,26-,28-,29-,30+,32+,42-/m01/s1. The minimum absolute atomic E-state index is 0.0307. The summed E-state index contributed by atoms with van der Waals surface area (Å²) in [5.74, 6) is -3.54. The van der Waals surface area contributed by atoms with Crippen LogP contribution in [0.2, 0.25) is 0 Å². The second kappa shape index (κ2) is 32.8. The molecule has 26 nitrogen and oxygen atoms in total. The summed E-state index contributed by atoms with van der Waals surface area (Å²) in [6, 6.07) is 8.78. The molecule has 28 heteroatoms. The summed E-state index contributed by atoms with van der Waals surface area (Å²) in [6.07, 6.45) is 16.0. The molecule has 12 rings (SSSR count). The van der Waals surface area contributed by atoms with Crippen LogP contribution >= 0.6 is 0 Å². The highest BCUT2D eigenvalue weighted by Gasteiger charge is 2.65. The van der Waals surface area contributed by atoms with Gasteiger partial charge in [-0.2, -0.15) is 0 Å². The first-order chi connectivity index (χ1) is 52.6. The number of Topliss-reactive ketones (excluding diaryl/α,β-unsaturated/α-hetero) is 2. The molecule has 2 saturated heterocycles. The number of carbonyl (C=O) groups excluding carboxylic acids is 8. The Morgan fingerprint density at radius 2 is 0.875 bits per heavy atom. The number of ether oxygens (including phenoxy) is 8. The Balaban J connectivity index is 0.000000221. The number of methoxy groups -OCH3 is 4. The van der Waals surface area contributed by atoms with Crippen LogP contribution in [0.4, 0.5) is 0 Å². The van der Waals surface area contributed by atoms with E-state index in [0.717, 1.165) is 23.6 Å². The number of hydrogen-bond acceptors (Lipinski definition) is 22. The van der Waals surface area contributed by atoms with Gasteiger partial charge in [-0.25, -0.2) is 26.8 Å². The number of fused-ring (bicyclic) bond motifs is 6. The Labute approximate surface area is 658 Å². The fourth-order valence-corrected chi connectivity index (χ4v) is 19.4. The van der Waals surface area contributed by atoms with Crippen LogP contribution in [-0.2, 0) is 67.9 Å². The lowest BCUT2D eigenvalue weighted by atomic mass is 9.82. The molecule has 612 valence electrons. The van der Waals surface area contributed by atoms with Crippen LogP contribution in [0.1, 0.15) is 199 Å². The van der Waals surface area contributed by atoms with Crippen LogP contribution in [0.15, 0.2) is 73.1 Å². The fourth-order valence-electron chi connectivity index (χ4n) is 16.7. The number of rotatable bonds is 18. The second-order valence-electron chi connectivity index (χ2n) is 35.5. The van der Waals surface area contributed by atoms with Gasteiger partial charge >= 0.3 is 11.9 Å². The van der Waals surface area contributed by atoms with Crippen LogP contribution in [0.3, 0.4) is 0 Å². The molecule has 4 aliphatic heterocycles. The highest BCUT2D eigenvalue weighted by atomic mass is 32.2. The lowest BCUT2D eigenvalue weighted by molar-refractivity contribution is -0.160. The van der Waals surface area contributed by atoms with E-state index in [1.807, 2.05) is 62.4 Å². The van der Waals surface area contributed by atoms with Gasteiger partial charge in [-0.15, -0.1) is 0 Å². The number of carbonyl (C=O) groups is 8. The van der Waals surface area contributed by atoms with Gasteiger partial charge in [0.25, 0.3) is 0 Å². The van der Waals surface area contributed by atoms with Gasteiger partial charge in [-0.3, -0.25) is 47.8 Å². The Kier molecular flexibility index (Phi) is 24.8. The van der Waals surface area contributed by atoms with Crippen molar-refractivity contribution in [3.63, 3.8) is 0 Å². The van der Waals surface area contributed by atoms with E-state index < -0.39 is 111 Å². The highest BCUT2D eigenvalue weighted by molar-refractivity contribution is 7.92. The average Bonchev–Trinajstić information content (AvgIpc) is 1.56. The van der Waals surface area contributed by atoms with E-state index in [4.69, 9.17) is 37.9 Å². The molecule has 6 heterocycles. The quantitative estimate of drug-likeness (QED) is 0.0690. The molecule has 4 aromatic rings. The maximum atomic E-state index is 14.9. The molecular formula is C84H114N6O20S2. The summed E-state index contributed by atoms with van der Waals surface area (Å²) in [5, 5.41) is 2.85. The molecule has 2 N–H and O–H groups in total. The number of ketones is 2. The molecule has 0 bridgehead atoms. The maximum absolute atomic E-state index is 14.9. The zero-order valence-electron chi connectivity index (χ0n) is 67.8. The normalized spacial score (nSPS) is 29.9. The first-order valence-electron chi connectivity index (χ1n) is 39.5. The monoisotopic (exact) mass is 1590 g/mol. The molecule has 0 radical (unpaired) electrons. The van der Waals surface area contributed by atoms with Crippen molar-refractivity contribution in [1.29, 1.82) is 0 Å². The Morgan fingerprint density at radius 3 is 1.21 bits per heavy atom. The number of nitrogens with one attached hydrogen (secondary N) is 2. The summed E-state index contributed by atoms with van der Waals surface area (Å²) in [6.45, 7) is 22.1. The van der Waals surface area contributed by atoms with Gasteiger partial charge in [-0.1, -0.05) is 52.0 Å². The highest BCUT2D eigenvalue weighted by Crippen LogP contribution is 2.59. The van der Waals surface area contributed by atoms with Crippen molar-refractivity contribution in [2.75, 3.05) is 41.5 Å². The largest absolute Gasteiger partial charge is 0.493 e. The average molecular weight is 1590 g/mol. The predicted molar refractivity (Wildman–Crippen MR) is 419 cm³/mol. The third-order valence-electron chi connectivity index (χ3n) is 24.2. The van der Waals surface area contributed by atoms with Crippen LogP contribution in [0.5, 0.6) is 34.8 Å². The first kappa shape index (κ1) is 84.5. The Hall–Kier alpha value is -8.40. The van der Waals surface area contributed by atoms with Crippen LogP contribution < -0.4 is 37.9 Å². The number of sulfonamides is 2. The van der Waals surface area contributed by atoms with Crippen molar-refractivity contribution in [3.05, 3.63) is 73.1 Å². The Morgan fingerprint density at radius 1 is 0.527 bits per heavy atom. The fraction of sp³-hybridized carbons (Fsp3) is 0.643. The van der Waals surface area contributed by atoms with Gasteiger partial charge < -0.3 is 47.7 Å². The molecular weight excluding hydrogens is 1480 g/mol. The van der Waals surface area contributed by atoms with E-state index in [0.29, 0.717) is 98.0 Å². The molecule has 2 aromatic carbocycles. The molecule has 4 amide bonds. The van der Waals surface area contributed by atoms with Gasteiger partial charge in [-0.05, 0) is 215 Å². The second-order valence-corrected chi connectivity index (χ2v) is 39.9. The molecule has 0 spiro atoms. The SMILES string of the molecule is COc1cc2ccnc(O[C@@H]3C[C@H]4C(=O)C[C@]5(C(=O)NS(=O)(=O)C6(C)CC6)C[C@H]5/C=C\CC[C@@H](C)C[C@@H](C)[C@H](CC(=O)OC(C)(C)C)C(=O)N4C3)c2cc1OC.COc1cc2ccnc(O[C@@H]3C[C@H]4C(=O)C[C@]5(C(=O)NS(=O)(=O)C6(C)CC6)C[C@H]5/C=C\CC[C@H](C)C[C@@H](C)[C@H](CC(=O)OC(C)(C)C)C(=O)N4C3)c2cc1OC. The molecule has 112 heavy (non-hydrogen) atoms. The lowest BCUT2D eigenvalue weighted by Gasteiger charge is -2.32. The van der Waals surface area contributed by atoms with Gasteiger partial charge in [0.1, 0.15) is 23.4 Å². The van der Waals surface area contributed by atoms with Gasteiger partial charge in [0.05, 0.1) is 98.6 Å². The van der Waals surface area contributed by atoms with E-state index in [1.54, 1.807) is 94.1 Å². The van der Waals surface area contributed by atoms with Gasteiger partial charge in [0.2, 0.25) is 55.4 Å². The molecule has 2 aromatic heterocycles. The third kappa shape index (κ3) is 18.8. The summed E-state index contributed by atoms with van der Waals surface area (Å²) in [5.41, 5.74) is -4.07. The van der Waals surface area contributed by atoms with Crippen LogP contribution in [0.25, 0.3) is 21.5 Å². The van der Waals surface area contributed by atoms with Crippen molar-refractivity contribution < 1.29 is 93.1 Å². The molecule has 14 atom stereocenters. The van der Waals surface area contributed by atoms with Crippen molar-refractivity contribution in [3.8, 4) is 34.8 Å². The van der Waals surface area contributed by atoms with Crippen LogP contribution in [0, 0.1) is 58.2 Å². The Bertz CT molecular complexity index is 4290. The van der Waals surface area contributed by atoms with E-state index in [2.05, 4.69) is 33.3 Å². The first-order valence-corrected chi connectivity index (χ1v) is 42.5. The summed E-state index contributed by atoms with van der Waals surface area (Å²) in [4.78, 5) is 126. The number of benzene rings is 2. The van der Waals surface area contributed by atoms with Crippen molar-refractivity contribution in [2.24, 2.45) is 58.2 Å². The van der Waals surface area contributed by atoms with Crippen LogP contribution in [-0.4, -0.2) is 170 Å². The van der Waals surface area contributed by atoms with Crippen molar-refractivity contribution in [1.82, 2.24) is 29.2 Å². The lowest BCUT2D eigenvalue weighted by Crippen LogP contribution is -2.48. The zero-order chi connectivity index (χ0) is 81.6. The molecule has 8 aliphatic rings. The predicted octanol–water partition coefficient (Wildman–Crippen LogP) is 11.8. The minimum Gasteiger partial charge on any atom is -0.493 e. The topological polar surface area (TPSA) is 335 Å². The number of esters is 2. The molecule has 4 aliphatic carbocycles. The number of amides is 4. The zero-order valence-corrected chi connectivity index (χ0v) is 69.4. The summed E-state index contributed by atoms with van der Waals surface area (Å²) >= 11 is 0. The van der Waals surface area contributed by atoms with E-state index in [9.17, 15) is 55.2 Å². The molecule has 0 unspecified atom stereocenters. The van der Waals surface area contributed by atoms with Gasteiger partial charge in [0, 0.05) is 48.8 Å². The maximum Gasteiger partial charge on any atom is 0.307 e. The van der Waals surface area contributed by atoms with Gasteiger partial charge in [0.15, 0.2) is 34.6 Å². The number of allylic oxidation sites excluding steroid dienone is 4. The van der Waals surface area contributed by atoms with Crippen molar-refractivity contribution in [2.45, 2.75) is 244 Å². The molecule has 4 saturated carbocycles. The number of hydrogen-bond donors (Lipinski definition) is 2. The molecule has 6 fully saturated rings. The number of pyridine rings is 2. The van der Waals surface area contributed by atoms with E-state index >= 15 is 0 Å². The number of nitrogens with zero attached hydrogens (tertiary/aromatic N) is 4. The van der Waals surface area contributed by atoms with E-state index in [-0.39, 0.29) is 122 Å². The number of aromatic nitrogens is 2. The van der Waals surface area contributed by atoms with Crippen molar-refractivity contribution >= 4 is 88.7 Å². The summed E-state index contributed by atoms with van der Waals surface area (Å²) in [7, 11) is -1.76. The third-order valence-corrected chi connectivity index (χ3v) is 28.5.